The number of benzene rings is 2. The number of ether oxygens (including phenoxy) is 1. The molecule has 1 saturated heterocycles. The first-order chi connectivity index (χ1) is 18.4. The number of pyridine rings is 1. The second kappa shape index (κ2) is 9.90. The van der Waals surface area contributed by atoms with E-state index < -0.39 is 12.3 Å². The molecule has 2 amide bonds. The van der Waals surface area contributed by atoms with Crippen LogP contribution in [0.25, 0.3) is 23.2 Å². The van der Waals surface area contributed by atoms with Gasteiger partial charge in [0.2, 0.25) is 0 Å². The van der Waals surface area contributed by atoms with Gasteiger partial charge in [-0.15, -0.1) is 0 Å². The third-order valence-electron chi connectivity index (χ3n) is 6.56. The molecule has 0 spiro atoms. The van der Waals surface area contributed by atoms with Crippen LogP contribution in [0.15, 0.2) is 76.5 Å². The van der Waals surface area contributed by atoms with Crippen LogP contribution in [0.3, 0.4) is 0 Å². The molecule has 10 heteroatoms. The molecule has 4 heterocycles. The second-order valence-electron chi connectivity index (χ2n) is 9.12. The number of hydrogen-bond acceptors (Lipinski definition) is 5. The lowest BCUT2D eigenvalue weighted by molar-refractivity contribution is -0.130. The SMILES string of the molecule is C[C@H]1O[C@H](c2cn(-c3ccc(Br)cc3)nc2-c2ccc(Cl)cn2)N(CCc2ccc3c(c2)=CC(=O)N=3)C1=O. The van der Waals surface area contributed by atoms with Gasteiger partial charge in [0, 0.05) is 40.3 Å². The third kappa shape index (κ3) is 4.69. The molecule has 4 aromatic rings. The van der Waals surface area contributed by atoms with Crippen molar-refractivity contribution in [2.75, 3.05) is 6.54 Å². The van der Waals surface area contributed by atoms with Crippen LogP contribution in [0.2, 0.25) is 5.02 Å². The minimum Gasteiger partial charge on any atom is -0.341 e. The van der Waals surface area contributed by atoms with Gasteiger partial charge in [0.25, 0.3) is 11.8 Å². The largest absolute Gasteiger partial charge is 0.341 e. The number of carbonyl (C=O) groups excluding carboxylic acids is 2. The molecule has 2 aliphatic rings. The average Bonchev–Trinajstić information content (AvgIpc) is 3.58. The maximum atomic E-state index is 13.2. The monoisotopic (exact) mass is 589 g/mol. The van der Waals surface area contributed by atoms with Gasteiger partial charge in [-0.2, -0.15) is 5.10 Å². The van der Waals surface area contributed by atoms with Crippen LogP contribution in [-0.4, -0.2) is 44.1 Å². The summed E-state index contributed by atoms with van der Waals surface area (Å²) in [5, 5.41) is 6.83. The summed E-state index contributed by atoms with van der Waals surface area (Å²) in [4.78, 5) is 35.0. The summed E-state index contributed by atoms with van der Waals surface area (Å²) < 4.78 is 8.92. The van der Waals surface area contributed by atoms with Crippen molar-refractivity contribution in [1.29, 1.82) is 0 Å². The number of rotatable bonds is 6. The van der Waals surface area contributed by atoms with Crippen molar-refractivity contribution in [2.45, 2.75) is 25.7 Å². The highest BCUT2D eigenvalue weighted by Crippen LogP contribution is 2.37. The smallest absolute Gasteiger partial charge is 0.270 e. The van der Waals surface area contributed by atoms with Crippen LogP contribution < -0.4 is 10.6 Å². The standard InChI is InChI=1S/C28H21BrClN5O3/c1-16-27(37)34(11-10-17-2-8-23-18(12-17)13-25(36)32-23)28(38-16)22-15-35(21-6-3-19(29)4-7-21)33-26(22)24-9-5-20(30)14-31-24/h2-9,12-16,28H,10-11H2,1H3/t16-,28-/m1/s1. The quantitative estimate of drug-likeness (QED) is 0.341. The third-order valence-corrected chi connectivity index (χ3v) is 7.31. The first-order valence-corrected chi connectivity index (χ1v) is 13.2. The molecule has 0 N–H and O–H groups in total. The predicted molar refractivity (Wildman–Crippen MR) is 145 cm³/mol. The zero-order valence-electron chi connectivity index (χ0n) is 20.2. The molecule has 8 nitrogen and oxygen atoms in total. The first kappa shape index (κ1) is 24.7. The van der Waals surface area contributed by atoms with Gasteiger partial charge < -0.3 is 9.64 Å². The molecular weight excluding hydrogens is 570 g/mol. The summed E-state index contributed by atoms with van der Waals surface area (Å²) in [7, 11) is 0. The van der Waals surface area contributed by atoms with Crippen molar-refractivity contribution in [2.24, 2.45) is 4.99 Å². The van der Waals surface area contributed by atoms with E-state index in [1.807, 2.05) is 48.7 Å². The van der Waals surface area contributed by atoms with Gasteiger partial charge in [0.05, 0.1) is 21.8 Å². The molecule has 0 saturated carbocycles. The molecule has 2 aromatic carbocycles. The van der Waals surface area contributed by atoms with E-state index in [-0.39, 0.29) is 11.8 Å². The Bertz CT molecular complexity index is 1690. The normalized spacial score (nSPS) is 18.4. The lowest BCUT2D eigenvalue weighted by Crippen LogP contribution is -2.32. The summed E-state index contributed by atoms with van der Waals surface area (Å²) in [5.41, 5.74) is 3.81. The van der Waals surface area contributed by atoms with Crippen molar-refractivity contribution in [3.63, 3.8) is 0 Å². The van der Waals surface area contributed by atoms with Crippen LogP contribution in [0.5, 0.6) is 0 Å². The molecular formula is C28H21BrClN5O3. The molecule has 2 aliphatic heterocycles. The van der Waals surface area contributed by atoms with Gasteiger partial charge in [-0.3, -0.25) is 14.6 Å². The van der Waals surface area contributed by atoms with E-state index in [2.05, 4.69) is 25.9 Å². The molecule has 190 valence electrons. The van der Waals surface area contributed by atoms with E-state index in [1.54, 1.807) is 34.8 Å². The van der Waals surface area contributed by atoms with Crippen molar-refractivity contribution >= 4 is 45.4 Å². The molecule has 0 radical (unpaired) electrons. The van der Waals surface area contributed by atoms with Crippen LogP contribution >= 0.6 is 27.5 Å². The fourth-order valence-electron chi connectivity index (χ4n) is 4.66. The van der Waals surface area contributed by atoms with Crippen LogP contribution in [-0.2, 0) is 20.7 Å². The Morgan fingerprint density at radius 3 is 2.66 bits per heavy atom. The van der Waals surface area contributed by atoms with Crippen LogP contribution in [0, 0.1) is 0 Å². The lowest BCUT2D eigenvalue weighted by atomic mass is 10.1. The highest BCUT2D eigenvalue weighted by molar-refractivity contribution is 9.10. The minimum atomic E-state index is -0.647. The Morgan fingerprint density at radius 2 is 1.89 bits per heavy atom. The Morgan fingerprint density at radius 1 is 1.08 bits per heavy atom. The van der Waals surface area contributed by atoms with Gasteiger partial charge >= 0.3 is 0 Å². The number of halogens is 2. The lowest BCUT2D eigenvalue weighted by Gasteiger charge is -2.23. The molecule has 2 atom stereocenters. The summed E-state index contributed by atoms with van der Waals surface area (Å²) in [6.45, 7) is 2.18. The summed E-state index contributed by atoms with van der Waals surface area (Å²) in [6, 6.07) is 17.0. The molecule has 0 bridgehead atoms. The van der Waals surface area contributed by atoms with E-state index in [0.717, 1.165) is 26.5 Å². The summed E-state index contributed by atoms with van der Waals surface area (Å²) >= 11 is 9.56. The Labute approximate surface area is 231 Å². The Balaban J connectivity index is 1.36. The average molecular weight is 591 g/mol. The molecule has 0 unspecified atom stereocenters. The van der Waals surface area contributed by atoms with Crippen molar-refractivity contribution in [1.82, 2.24) is 19.7 Å². The van der Waals surface area contributed by atoms with E-state index in [0.29, 0.717) is 34.7 Å². The predicted octanol–water partition coefficient (Wildman–Crippen LogP) is 3.78. The number of fused-ring (bicyclic) bond motifs is 1. The van der Waals surface area contributed by atoms with Crippen molar-refractivity contribution in [3.05, 3.63) is 98.2 Å². The Kier molecular flexibility index (Phi) is 6.43. The van der Waals surface area contributed by atoms with E-state index in [4.69, 9.17) is 21.4 Å². The van der Waals surface area contributed by atoms with E-state index in [9.17, 15) is 9.59 Å². The Hall–Kier alpha value is -3.66. The summed E-state index contributed by atoms with van der Waals surface area (Å²) in [6.07, 6.45) is 4.31. The number of amides is 2. The van der Waals surface area contributed by atoms with Crippen LogP contribution in [0.1, 0.15) is 24.3 Å². The zero-order valence-corrected chi connectivity index (χ0v) is 22.6. The molecule has 6 rings (SSSR count). The molecule has 0 aliphatic carbocycles. The molecule has 2 aromatic heterocycles. The highest BCUT2D eigenvalue weighted by Gasteiger charge is 2.40. The fourth-order valence-corrected chi connectivity index (χ4v) is 5.04. The first-order valence-electron chi connectivity index (χ1n) is 12.0. The van der Waals surface area contributed by atoms with Crippen LogP contribution in [0.4, 0.5) is 0 Å². The fraction of sp³-hybridized carbons (Fsp3) is 0.179. The van der Waals surface area contributed by atoms with Gasteiger partial charge in [0.15, 0.2) is 6.23 Å². The van der Waals surface area contributed by atoms with E-state index >= 15 is 0 Å². The minimum absolute atomic E-state index is 0.0979. The summed E-state index contributed by atoms with van der Waals surface area (Å²) in [5.74, 6) is -0.348. The topological polar surface area (TPSA) is 89.7 Å². The maximum Gasteiger partial charge on any atom is 0.270 e. The molecule has 38 heavy (non-hydrogen) atoms. The number of carbonyl (C=O) groups is 2. The van der Waals surface area contributed by atoms with Crippen molar-refractivity contribution in [3.8, 4) is 17.1 Å². The zero-order chi connectivity index (χ0) is 26.4. The van der Waals surface area contributed by atoms with Gasteiger partial charge in [0.1, 0.15) is 11.8 Å². The number of hydrogen-bond donors (Lipinski definition) is 0. The van der Waals surface area contributed by atoms with E-state index in [1.165, 1.54) is 6.08 Å². The van der Waals surface area contributed by atoms with Gasteiger partial charge in [-0.1, -0.05) is 33.6 Å². The van der Waals surface area contributed by atoms with Crippen molar-refractivity contribution < 1.29 is 14.3 Å². The second-order valence-corrected chi connectivity index (χ2v) is 10.5. The number of aromatic nitrogens is 3. The van der Waals surface area contributed by atoms with Gasteiger partial charge in [-0.25, -0.2) is 9.67 Å². The van der Waals surface area contributed by atoms with Gasteiger partial charge in [-0.05, 0) is 67.4 Å². The number of nitrogens with zero attached hydrogens (tertiary/aromatic N) is 5. The highest BCUT2D eigenvalue weighted by atomic mass is 79.9. The molecule has 1 fully saturated rings. The maximum absolute atomic E-state index is 13.2.